The highest BCUT2D eigenvalue weighted by Crippen LogP contribution is 2.23. The summed E-state index contributed by atoms with van der Waals surface area (Å²) in [4.78, 5) is 12.1. The van der Waals surface area contributed by atoms with Gasteiger partial charge in [0.2, 0.25) is 0 Å². The van der Waals surface area contributed by atoms with Gasteiger partial charge in [0, 0.05) is 17.4 Å². The molecule has 5 heteroatoms. The van der Waals surface area contributed by atoms with E-state index in [1.165, 1.54) is 13.0 Å². The number of hydrogen-bond donors (Lipinski definition) is 2. The summed E-state index contributed by atoms with van der Waals surface area (Å²) < 4.78 is 26.9. The second kappa shape index (κ2) is 5.52. The Morgan fingerprint density at radius 1 is 0.952 bits per heavy atom. The molecule has 1 amide bonds. The number of benzene rings is 2. The number of halogens is 2. The van der Waals surface area contributed by atoms with Crippen LogP contribution >= 0.6 is 0 Å². The molecular formula is C16H16F2N2O. The van der Waals surface area contributed by atoms with Crippen LogP contribution in [0.15, 0.2) is 24.3 Å². The van der Waals surface area contributed by atoms with Gasteiger partial charge in [0.15, 0.2) is 0 Å². The fraction of sp³-hybridized carbons (Fsp3) is 0.188. The van der Waals surface area contributed by atoms with Crippen molar-refractivity contribution >= 4 is 17.3 Å². The number of carbonyl (C=O) groups is 1. The lowest BCUT2D eigenvalue weighted by Crippen LogP contribution is -2.15. The van der Waals surface area contributed by atoms with E-state index in [0.717, 1.165) is 11.1 Å². The van der Waals surface area contributed by atoms with E-state index >= 15 is 0 Å². The van der Waals surface area contributed by atoms with E-state index in [1.54, 1.807) is 6.07 Å². The fourth-order valence-corrected chi connectivity index (χ4v) is 2.02. The first-order valence-electron chi connectivity index (χ1n) is 6.43. The average Bonchev–Trinajstić information content (AvgIpc) is 2.40. The second-order valence-electron chi connectivity index (χ2n) is 5.06. The first kappa shape index (κ1) is 15.0. The Hall–Kier alpha value is -2.43. The van der Waals surface area contributed by atoms with Crippen molar-refractivity contribution in [3.05, 3.63) is 58.2 Å². The third-order valence-electron chi connectivity index (χ3n) is 3.35. The van der Waals surface area contributed by atoms with Crippen molar-refractivity contribution in [3.8, 4) is 0 Å². The predicted molar refractivity (Wildman–Crippen MR) is 79.4 cm³/mol. The molecule has 21 heavy (non-hydrogen) atoms. The van der Waals surface area contributed by atoms with Crippen molar-refractivity contribution in [1.29, 1.82) is 0 Å². The number of aryl methyl sites for hydroxylation is 3. The summed E-state index contributed by atoms with van der Waals surface area (Å²) in [5, 5.41) is 2.60. The van der Waals surface area contributed by atoms with E-state index < -0.39 is 17.5 Å². The SMILES string of the molecule is Cc1cc(C)c(NC(=O)c2cc(C)c(F)cc2F)cc1N. The molecule has 0 aliphatic rings. The Labute approximate surface area is 121 Å². The van der Waals surface area contributed by atoms with Crippen molar-refractivity contribution in [2.45, 2.75) is 20.8 Å². The van der Waals surface area contributed by atoms with Crippen molar-refractivity contribution in [2.24, 2.45) is 0 Å². The molecule has 2 rings (SSSR count). The Bertz CT molecular complexity index is 727. The van der Waals surface area contributed by atoms with E-state index in [9.17, 15) is 13.6 Å². The molecule has 0 aromatic heterocycles. The summed E-state index contributed by atoms with van der Waals surface area (Å²) in [6, 6.07) is 5.35. The van der Waals surface area contributed by atoms with Gasteiger partial charge in [0.25, 0.3) is 5.91 Å². The van der Waals surface area contributed by atoms with E-state index in [2.05, 4.69) is 5.32 Å². The molecule has 0 fully saturated rings. The van der Waals surface area contributed by atoms with Gasteiger partial charge in [-0.3, -0.25) is 4.79 Å². The first-order valence-corrected chi connectivity index (χ1v) is 6.43. The van der Waals surface area contributed by atoms with E-state index in [4.69, 9.17) is 5.73 Å². The minimum absolute atomic E-state index is 0.201. The zero-order valence-corrected chi connectivity index (χ0v) is 12.1. The van der Waals surface area contributed by atoms with Gasteiger partial charge in [-0.2, -0.15) is 0 Å². The molecule has 3 N–H and O–H groups in total. The lowest BCUT2D eigenvalue weighted by molar-refractivity contribution is 0.102. The largest absolute Gasteiger partial charge is 0.398 e. The molecule has 3 nitrogen and oxygen atoms in total. The standard InChI is InChI=1S/C16H16F2N2O/c1-8-5-11(13(18)6-12(8)17)16(21)20-15-7-14(19)9(2)4-10(15)3/h4-7H,19H2,1-3H3,(H,20,21). The Balaban J connectivity index is 2.35. The van der Waals surface area contributed by atoms with Gasteiger partial charge in [-0.1, -0.05) is 6.07 Å². The number of nitrogen functional groups attached to an aromatic ring is 1. The molecule has 0 heterocycles. The molecule has 0 spiro atoms. The zero-order valence-electron chi connectivity index (χ0n) is 12.1. The van der Waals surface area contributed by atoms with E-state index in [1.807, 2.05) is 19.9 Å². The molecule has 2 aromatic carbocycles. The van der Waals surface area contributed by atoms with Gasteiger partial charge < -0.3 is 11.1 Å². The first-order chi connectivity index (χ1) is 9.79. The number of nitrogens with one attached hydrogen (secondary N) is 1. The molecule has 0 saturated carbocycles. The maximum absolute atomic E-state index is 13.7. The number of carbonyl (C=O) groups excluding carboxylic acids is 1. The summed E-state index contributed by atoms with van der Waals surface area (Å²) in [5.74, 6) is -2.21. The van der Waals surface area contributed by atoms with Crippen molar-refractivity contribution in [1.82, 2.24) is 0 Å². The molecule has 0 unspecified atom stereocenters. The monoisotopic (exact) mass is 290 g/mol. The molecule has 0 aliphatic heterocycles. The van der Waals surface area contributed by atoms with Gasteiger partial charge >= 0.3 is 0 Å². The Morgan fingerprint density at radius 3 is 2.29 bits per heavy atom. The highest BCUT2D eigenvalue weighted by Gasteiger charge is 2.16. The number of rotatable bonds is 2. The average molecular weight is 290 g/mol. The number of anilines is 2. The van der Waals surface area contributed by atoms with Gasteiger partial charge in [0.1, 0.15) is 11.6 Å². The van der Waals surface area contributed by atoms with E-state index in [-0.39, 0.29) is 11.1 Å². The molecule has 2 aromatic rings. The van der Waals surface area contributed by atoms with Crippen LogP contribution in [0.25, 0.3) is 0 Å². The van der Waals surface area contributed by atoms with Crippen molar-refractivity contribution < 1.29 is 13.6 Å². The van der Waals surface area contributed by atoms with Crippen molar-refractivity contribution in [3.63, 3.8) is 0 Å². The van der Waals surface area contributed by atoms with Gasteiger partial charge in [-0.05, 0) is 49.6 Å². The van der Waals surface area contributed by atoms with Crippen LogP contribution in [-0.2, 0) is 0 Å². The third kappa shape index (κ3) is 3.02. The summed E-state index contributed by atoms with van der Waals surface area (Å²) in [6.07, 6.45) is 0. The lowest BCUT2D eigenvalue weighted by Gasteiger charge is -2.12. The maximum atomic E-state index is 13.7. The van der Waals surface area contributed by atoms with Gasteiger partial charge in [-0.25, -0.2) is 8.78 Å². The molecule has 0 saturated heterocycles. The number of hydrogen-bond acceptors (Lipinski definition) is 2. The minimum Gasteiger partial charge on any atom is -0.398 e. The van der Waals surface area contributed by atoms with E-state index in [0.29, 0.717) is 17.4 Å². The second-order valence-corrected chi connectivity index (χ2v) is 5.06. The summed E-state index contributed by atoms with van der Waals surface area (Å²) >= 11 is 0. The third-order valence-corrected chi connectivity index (χ3v) is 3.35. The van der Waals surface area contributed by atoms with Crippen LogP contribution in [-0.4, -0.2) is 5.91 Å². The van der Waals surface area contributed by atoms with Crippen LogP contribution in [0.2, 0.25) is 0 Å². The van der Waals surface area contributed by atoms with Crippen LogP contribution < -0.4 is 11.1 Å². The number of amides is 1. The topological polar surface area (TPSA) is 55.1 Å². The molecule has 0 radical (unpaired) electrons. The summed E-state index contributed by atoms with van der Waals surface area (Å²) in [5.41, 5.74) is 8.56. The minimum atomic E-state index is -0.895. The fourth-order valence-electron chi connectivity index (χ4n) is 2.02. The Morgan fingerprint density at radius 2 is 1.62 bits per heavy atom. The predicted octanol–water partition coefficient (Wildman–Crippen LogP) is 3.72. The molecule has 110 valence electrons. The van der Waals surface area contributed by atoms with Crippen LogP contribution in [0.4, 0.5) is 20.2 Å². The van der Waals surface area contributed by atoms with Crippen molar-refractivity contribution in [2.75, 3.05) is 11.1 Å². The highest BCUT2D eigenvalue weighted by atomic mass is 19.1. The molecule has 0 bridgehead atoms. The zero-order chi connectivity index (χ0) is 15.7. The van der Waals surface area contributed by atoms with Crippen LogP contribution in [0.5, 0.6) is 0 Å². The highest BCUT2D eigenvalue weighted by molar-refractivity contribution is 6.05. The van der Waals surface area contributed by atoms with Crippen LogP contribution in [0.3, 0.4) is 0 Å². The molecular weight excluding hydrogens is 274 g/mol. The van der Waals surface area contributed by atoms with Gasteiger partial charge in [-0.15, -0.1) is 0 Å². The van der Waals surface area contributed by atoms with Crippen LogP contribution in [0, 0.1) is 32.4 Å². The van der Waals surface area contributed by atoms with Gasteiger partial charge in [0.05, 0.1) is 5.56 Å². The summed E-state index contributed by atoms with van der Waals surface area (Å²) in [7, 11) is 0. The quantitative estimate of drug-likeness (QED) is 0.828. The maximum Gasteiger partial charge on any atom is 0.258 e. The van der Waals surface area contributed by atoms with Crippen LogP contribution in [0.1, 0.15) is 27.0 Å². The lowest BCUT2D eigenvalue weighted by atomic mass is 10.1. The normalized spacial score (nSPS) is 10.5. The summed E-state index contributed by atoms with van der Waals surface area (Å²) in [6.45, 7) is 5.14. The molecule has 0 atom stereocenters. The number of nitrogens with two attached hydrogens (primary N) is 1. The molecule has 0 aliphatic carbocycles. The smallest absolute Gasteiger partial charge is 0.258 e. The Kier molecular flexibility index (Phi) is 3.93.